The molecule has 8 nitrogen and oxygen atoms in total. The first kappa shape index (κ1) is 16.3. The van der Waals surface area contributed by atoms with Gasteiger partial charge in [-0.3, -0.25) is 18.9 Å². The molecule has 0 radical (unpaired) electrons. The molecule has 0 unspecified atom stereocenters. The number of aromatic nitrogens is 3. The first-order valence-corrected chi connectivity index (χ1v) is 7.84. The maximum Gasteiger partial charge on any atom is 0.332 e. The average molecular weight is 331 g/mol. The van der Waals surface area contributed by atoms with Gasteiger partial charge in [-0.2, -0.15) is 0 Å². The minimum Gasteiger partial charge on any atom is -0.390 e. The van der Waals surface area contributed by atoms with Crippen LogP contribution in [0.3, 0.4) is 0 Å². The number of hydrogen-bond acceptors (Lipinski definition) is 6. The van der Waals surface area contributed by atoms with Gasteiger partial charge in [-0.05, 0) is 18.6 Å². The summed E-state index contributed by atoms with van der Waals surface area (Å²) in [7, 11) is 3.15. The fraction of sp³-hybridized carbons (Fsp3) is 0.438. The normalized spacial score (nSPS) is 17.3. The zero-order valence-corrected chi connectivity index (χ0v) is 13.8. The molecule has 1 aliphatic heterocycles. The maximum atomic E-state index is 12.1. The molecule has 24 heavy (non-hydrogen) atoms. The Morgan fingerprint density at radius 2 is 2.08 bits per heavy atom. The van der Waals surface area contributed by atoms with Crippen molar-refractivity contribution in [1.82, 2.24) is 14.1 Å². The van der Waals surface area contributed by atoms with E-state index in [1.54, 1.807) is 13.2 Å². The molecule has 1 saturated heterocycles. The molecule has 8 heteroatoms. The highest BCUT2D eigenvalue weighted by atomic mass is 16.3. The summed E-state index contributed by atoms with van der Waals surface area (Å²) in [5.41, 5.74) is 0.893. The minimum absolute atomic E-state index is 0.0955. The Morgan fingerprint density at radius 1 is 1.29 bits per heavy atom. The van der Waals surface area contributed by atoms with Crippen LogP contribution in [-0.2, 0) is 20.7 Å². The van der Waals surface area contributed by atoms with Crippen LogP contribution in [-0.4, -0.2) is 38.4 Å². The molecule has 0 aliphatic carbocycles. The molecule has 1 fully saturated rings. The van der Waals surface area contributed by atoms with E-state index in [0.717, 1.165) is 23.2 Å². The van der Waals surface area contributed by atoms with Crippen LogP contribution >= 0.6 is 0 Å². The fourth-order valence-electron chi connectivity index (χ4n) is 3.00. The SMILES string of the molecule is Cn1c(N2CC[C@H](Nc3ccnc(CO)c3)C2)cc(=O)n(C)c1=O. The first-order chi connectivity index (χ1) is 11.5. The molecule has 0 amide bonds. The van der Waals surface area contributed by atoms with Gasteiger partial charge in [-0.1, -0.05) is 0 Å². The van der Waals surface area contributed by atoms with Crippen LogP contribution in [0.15, 0.2) is 34.0 Å². The van der Waals surface area contributed by atoms with Gasteiger partial charge in [0.15, 0.2) is 0 Å². The second kappa shape index (κ2) is 6.48. The molecule has 2 aromatic rings. The van der Waals surface area contributed by atoms with E-state index in [1.807, 2.05) is 17.0 Å². The van der Waals surface area contributed by atoms with Crippen molar-refractivity contribution in [2.24, 2.45) is 14.1 Å². The number of pyridine rings is 1. The first-order valence-electron chi connectivity index (χ1n) is 7.84. The van der Waals surface area contributed by atoms with Crippen LogP contribution in [0.4, 0.5) is 11.5 Å². The predicted octanol–water partition coefficient (Wildman–Crippen LogP) is -0.338. The van der Waals surface area contributed by atoms with Gasteiger partial charge in [-0.15, -0.1) is 0 Å². The molecule has 0 bridgehead atoms. The summed E-state index contributed by atoms with van der Waals surface area (Å²) in [5.74, 6) is 0.637. The largest absolute Gasteiger partial charge is 0.390 e. The van der Waals surface area contributed by atoms with Crippen molar-refractivity contribution in [3.8, 4) is 0 Å². The van der Waals surface area contributed by atoms with Crippen LogP contribution in [0, 0.1) is 0 Å². The molecule has 2 N–H and O–H groups in total. The highest BCUT2D eigenvalue weighted by Crippen LogP contribution is 2.20. The lowest BCUT2D eigenvalue weighted by atomic mass is 10.2. The van der Waals surface area contributed by atoms with Gasteiger partial charge in [-0.25, -0.2) is 4.79 Å². The topological polar surface area (TPSA) is 92.4 Å². The van der Waals surface area contributed by atoms with Crippen molar-refractivity contribution in [1.29, 1.82) is 0 Å². The van der Waals surface area contributed by atoms with E-state index < -0.39 is 0 Å². The zero-order chi connectivity index (χ0) is 17.3. The highest BCUT2D eigenvalue weighted by Gasteiger charge is 2.25. The minimum atomic E-state index is -0.323. The van der Waals surface area contributed by atoms with Gasteiger partial charge in [0.25, 0.3) is 5.56 Å². The van der Waals surface area contributed by atoms with Gasteiger partial charge in [0.1, 0.15) is 5.82 Å². The van der Waals surface area contributed by atoms with E-state index in [4.69, 9.17) is 5.11 Å². The molecule has 0 spiro atoms. The smallest absolute Gasteiger partial charge is 0.332 e. The van der Waals surface area contributed by atoms with E-state index in [2.05, 4.69) is 10.3 Å². The van der Waals surface area contributed by atoms with E-state index in [9.17, 15) is 9.59 Å². The third kappa shape index (κ3) is 3.05. The molecule has 3 heterocycles. The highest BCUT2D eigenvalue weighted by molar-refractivity contribution is 5.47. The van der Waals surface area contributed by atoms with Gasteiger partial charge in [0, 0.05) is 51.2 Å². The molecular weight excluding hydrogens is 310 g/mol. The van der Waals surface area contributed by atoms with Crippen molar-refractivity contribution in [3.05, 3.63) is 50.9 Å². The Bertz CT molecular complexity index is 858. The van der Waals surface area contributed by atoms with Crippen molar-refractivity contribution >= 4 is 11.5 Å². The Labute approximate surface area is 139 Å². The lowest BCUT2D eigenvalue weighted by molar-refractivity contribution is 0.277. The molecule has 0 saturated carbocycles. The summed E-state index contributed by atoms with van der Waals surface area (Å²) < 4.78 is 2.60. The number of rotatable bonds is 4. The van der Waals surface area contributed by atoms with Crippen LogP contribution in [0.25, 0.3) is 0 Å². The van der Waals surface area contributed by atoms with Crippen molar-refractivity contribution < 1.29 is 5.11 Å². The molecule has 0 aromatic carbocycles. The summed E-state index contributed by atoms with van der Waals surface area (Å²) >= 11 is 0. The second-order valence-electron chi connectivity index (χ2n) is 6.01. The van der Waals surface area contributed by atoms with Crippen molar-refractivity contribution in [2.45, 2.75) is 19.1 Å². The Balaban J connectivity index is 1.76. The van der Waals surface area contributed by atoms with E-state index in [0.29, 0.717) is 18.1 Å². The Morgan fingerprint density at radius 3 is 2.83 bits per heavy atom. The molecular formula is C16H21N5O3. The van der Waals surface area contributed by atoms with E-state index >= 15 is 0 Å². The summed E-state index contributed by atoms with van der Waals surface area (Å²) in [6, 6.07) is 5.37. The molecule has 2 aromatic heterocycles. The number of aliphatic hydroxyl groups excluding tert-OH is 1. The molecule has 1 aliphatic rings. The predicted molar refractivity (Wildman–Crippen MR) is 91.3 cm³/mol. The lowest BCUT2D eigenvalue weighted by Gasteiger charge is -2.22. The second-order valence-corrected chi connectivity index (χ2v) is 6.01. The fourth-order valence-corrected chi connectivity index (χ4v) is 3.00. The van der Waals surface area contributed by atoms with Crippen LogP contribution in [0.1, 0.15) is 12.1 Å². The number of nitrogens with one attached hydrogen (secondary N) is 1. The zero-order valence-electron chi connectivity index (χ0n) is 13.8. The molecule has 1 atom stereocenters. The molecule has 128 valence electrons. The van der Waals surface area contributed by atoms with Crippen molar-refractivity contribution in [3.63, 3.8) is 0 Å². The van der Waals surface area contributed by atoms with Crippen molar-refractivity contribution in [2.75, 3.05) is 23.3 Å². The van der Waals surface area contributed by atoms with E-state index in [1.165, 1.54) is 17.7 Å². The van der Waals surface area contributed by atoms with Crippen LogP contribution < -0.4 is 21.5 Å². The van der Waals surface area contributed by atoms with Crippen LogP contribution in [0.5, 0.6) is 0 Å². The van der Waals surface area contributed by atoms with Gasteiger partial charge in [0.05, 0.1) is 12.3 Å². The summed E-state index contributed by atoms with van der Waals surface area (Å²) in [6.45, 7) is 1.36. The number of aliphatic hydroxyl groups is 1. The monoisotopic (exact) mass is 331 g/mol. The Kier molecular flexibility index (Phi) is 4.39. The third-order valence-corrected chi connectivity index (χ3v) is 4.36. The van der Waals surface area contributed by atoms with Crippen LogP contribution in [0.2, 0.25) is 0 Å². The molecule has 3 rings (SSSR count). The average Bonchev–Trinajstić information content (AvgIpc) is 3.04. The van der Waals surface area contributed by atoms with Gasteiger partial charge in [0.2, 0.25) is 0 Å². The number of anilines is 2. The Hall–Kier alpha value is -2.61. The maximum absolute atomic E-state index is 12.1. The lowest BCUT2D eigenvalue weighted by Crippen LogP contribution is -2.40. The third-order valence-electron chi connectivity index (χ3n) is 4.36. The van der Waals surface area contributed by atoms with E-state index in [-0.39, 0.29) is 23.9 Å². The van der Waals surface area contributed by atoms with Gasteiger partial charge < -0.3 is 15.3 Å². The quantitative estimate of drug-likeness (QED) is 0.796. The number of nitrogens with zero attached hydrogens (tertiary/aromatic N) is 4. The summed E-state index contributed by atoms with van der Waals surface area (Å²) in [4.78, 5) is 30.0. The number of hydrogen-bond donors (Lipinski definition) is 2. The standard InChI is InChI=1S/C16H21N5O3/c1-19-14(8-15(23)20(2)16(19)24)21-6-4-12(9-21)18-11-3-5-17-13(7-11)10-22/h3,5,7-8,12,22H,4,6,9-10H2,1-2H3,(H,17,18)/t12-/m0/s1. The summed E-state index contributed by atoms with van der Waals surface area (Å²) in [6.07, 6.45) is 2.55. The van der Waals surface area contributed by atoms with Gasteiger partial charge >= 0.3 is 5.69 Å². The summed E-state index contributed by atoms with van der Waals surface area (Å²) in [5, 5.41) is 12.6.